The Labute approximate surface area is 76.4 Å². The third-order valence-corrected chi connectivity index (χ3v) is 2.67. The summed E-state index contributed by atoms with van der Waals surface area (Å²) in [6, 6.07) is 3.34. The van der Waals surface area contributed by atoms with E-state index in [1.165, 1.54) is 20.5 Å². The summed E-state index contributed by atoms with van der Waals surface area (Å²) in [6.45, 7) is 0. The maximum atomic E-state index is 11.4. The molecule has 0 atom stereocenters. The van der Waals surface area contributed by atoms with E-state index in [9.17, 15) is 4.57 Å². The molecule has 0 radical (unpaired) electrons. The van der Waals surface area contributed by atoms with Crippen molar-refractivity contribution in [2.75, 3.05) is 14.2 Å². The first-order chi connectivity index (χ1) is 6.20. The first kappa shape index (κ1) is 10.1. The van der Waals surface area contributed by atoms with E-state index >= 15 is 0 Å². The second-order valence-electron chi connectivity index (χ2n) is 2.08. The molecule has 0 bridgehead atoms. The van der Waals surface area contributed by atoms with Crippen molar-refractivity contribution in [1.82, 2.24) is 0 Å². The number of furan rings is 1. The minimum atomic E-state index is -3.24. The van der Waals surface area contributed by atoms with Crippen LogP contribution in [0.1, 0.15) is 5.76 Å². The number of hydrogen-bond acceptors (Lipinski definition) is 4. The SMILES string of the molecule is COP(=O)(C#Cc1ccco1)OC. The lowest BCUT2D eigenvalue weighted by Crippen LogP contribution is -1.83. The maximum absolute atomic E-state index is 11.4. The molecule has 1 aromatic rings. The van der Waals surface area contributed by atoms with Gasteiger partial charge in [-0.05, 0) is 18.1 Å². The van der Waals surface area contributed by atoms with Crippen molar-refractivity contribution < 1.29 is 18.0 Å². The van der Waals surface area contributed by atoms with Crippen molar-refractivity contribution in [1.29, 1.82) is 0 Å². The molecule has 5 heteroatoms. The van der Waals surface area contributed by atoms with Crippen molar-refractivity contribution in [3.8, 4) is 11.6 Å². The highest BCUT2D eigenvalue weighted by molar-refractivity contribution is 7.59. The van der Waals surface area contributed by atoms with Crippen LogP contribution >= 0.6 is 7.60 Å². The van der Waals surface area contributed by atoms with Gasteiger partial charge < -0.3 is 13.5 Å². The van der Waals surface area contributed by atoms with Crippen molar-refractivity contribution in [3.63, 3.8) is 0 Å². The minimum absolute atomic E-state index is 0.425. The maximum Gasteiger partial charge on any atom is 0.405 e. The molecule has 1 rings (SSSR count). The summed E-state index contributed by atoms with van der Waals surface area (Å²) in [5.74, 6) is 2.96. The van der Waals surface area contributed by atoms with Gasteiger partial charge in [-0.3, -0.25) is 0 Å². The molecule has 0 unspecified atom stereocenters. The third kappa shape index (κ3) is 2.74. The molecule has 70 valence electrons. The van der Waals surface area contributed by atoms with Crippen LogP contribution < -0.4 is 0 Å². The fraction of sp³-hybridized carbons (Fsp3) is 0.250. The number of rotatable bonds is 2. The summed E-state index contributed by atoms with van der Waals surface area (Å²) in [6.07, 6.45) is 1.48. The number of hydrogen-bond donors (Lipinski definition) is 0. The first-order valence-electron chi connectivity index (χ1n) is 3.48. The van der Waals surface area contributed by atoms with Crippen LogP contribution in [0.15, 0.2) is 22.8 Å². The second kappa shape index (κ2) is 4.29. The molecule has 0 saturated carbocycles. The van der Waals surface area contributed by atoms with Crippen molar-refractivity contribution >= 4 is 7.60 Å². The fourth-order valence-corrected chi connectivity index (χ4v) is 1.22. The Hall–Kier alpha value is -1.01. The van der Waals surface area contributed by atoms with Gasteiger partial charge in [0.2, 0.25) is 0 Å². The van der Waals surface area contributed by atoms with Crippen molar-refractivity contribution in [2.45, 2.75) is 0 Å². The predicted molar refractivity (Wildman–Crippen MR) is 47.2 cm³/mol. The van der Waals surface area contributed by atoms with E-state index < -0.39 is 7.60 Å². The van der Waals surface area contributed by atoms with Gasteiger partial charge in [0.1, 0.15) is 0 Å². The quantitative estimate of drug-likeness (QED) is 0.541. The minimum Gasteiger partial charge on any atom is -0.456 e. The van der Waals surface area contributed by atoms with Crippen molar-refractivity contribution in [2.24, 2.45) is 0 Å². The molecular weight excluding hydrogens is 191 g/mol. The van der Waals surface area contributed by atoms with Gasteiger partial charge in [-0.25, -0.2) is 4.57 Å². The Balaban J connectivity index is 2.82. The van der Waals surface area contributed by atoms with Gasteiger partial charge in [-0.2, -0.15) is 0 Å². The Morgan fingerprint density at radius 2 is 2.15 bits per heavy atom. The van der Waals surface area contributed by atoms with Crippen LogP contribution in [0, 0.1) is 11.6 Å². The highest BCUT2D eigenvalue weighted by Crippen LogP contribution is 2.44. The molecule has 0 aliphatic rings. The normalized spacial score (nSPS) is 10.6. The summed E-state index contributed by atoms with van der Waals surface area (Å²) in [5.41, 5.74) is 2.37. The standard InChI is InChI=1S/C8H9O4P/c1-10-13(9,11-2)7-5-8-4-3-6-12-8/h3-4,6H,1-2H3. The average Bonchev–Trinajstić information content (AvgIpc) is 2.67. The van der Waals surface area contributed by atoms with E-state index in [1.807, 2.05) is 0 Å². The van der Waals surface area contributed by atoms with E-state index in [0.717, 1.165) is 0 Å². The van der Waals surface area contributed by atoms with E-state index in [-0.39, 0.29) is 0 Å². The summed E-state index contributed by atoms with van der Waals surface area (Å²) in [5, 5.41) is 0. The Morgan fingerprint density at radius 1 is 1.46 bits per heavy atom. The monoisotopic (exact) mass is 200 g/mol. The molecule has 0 spiro atoms. The zero-order chi connectivity index (χ0) is 9.73. The van der Waals surface area contributed by atoms with Gasteiger partial charge in [-0.15, -0.1) is 0 Å². The van der Waals surface area contributed by atoms with Crippen LogP contribution in [-0.2, 0) is 13.6 Å². The highest BCUT2D eigenvalue weighted by atomic mass is 31.2. The van der Waals surface area contributed by atoms with E-state index in [4.69, 9.17) is 4.42 Å². The molecule has 0 aliphatic carbocycles. The van der Waals surface area contributed by atoms with E-state index in [1.54, 1.807) is 12.1 Å². The molecule has 0 aromatic carbocycles. The topological polar surface area (TPSA) is 48.7 Å². The molecular formula is C8H9O4P. The molecule has 1 heterocycles. The molecule has 0 aliphatic heterocycles. The van der Waals surface area contributed by atoms with Gasteiger partial charge in [0.25, 0.3) is 0 Å². The van der Waals surface area contributed by atoms with Gasteiger partial charge >= 0.3 is 7.60 Å². The molecule has 0 N–H and O–H groups in total. The lowest BCUT2D eigenvalue weighted by molar-refractivity contribution is 0.288. The van der Waals surface area contributed by atoms with E-state index in [0.29, 0.717) is 5.76 Å². The second-order valence-corrected chi connectivity index (χ2v) is 4.03. The molecule has 13 heavy (non-hydrogen) atoms. The van der Waals surface area contributed by atoms with Gasteiger partial charge in [-0.1, -0.05) is 0 Å². The summed E-state index contributed by atoms with van der Waals surface area (Å²) in [4.78, 5) is 0. The Bertz CT molecular complexity index is 349. The van der Waals surface area contributed by atoms with Crippen LogP contribution in [0.4, 0.5) is 0 Å². The first-order valence-corrected chi connectivity index (χ1v) is 5.03. The van der Waals surface area contributed by atoms with Crippen LogP contribution in [0.2, 0.25) is 0 Å². The largest absolute Gasteiger partial charge is 0.456 e. The van der Waals surface area contributed by atoms with Crippen LogP contribution in [-0.4, -0.2) is 14.2 Å². The Morgan fingerprint density at radius 3 is 2.62 bits per heavy atom. The summed E-state index contributed by atoms with van der Waals surface area (Å²) < 4.78 is 25.5. The predicted octanol–water partition coefficient (Wildman–Crippen LogP) is 2.07. The van der Waals surface area contributed by atoms with Crippen LogP contribution in [0.25, 0.3) is 0 Å². The zero-order valence-corrected chi connectivity index (χ0v) is 8.21. The van der Waals surface area contributed by atoms with Crippen LogP contribution in [0.3, 0.4) is 0 Å². The molecule has 0 amide bonds. The lowest BCUT2D eigenvalue weighted by atomic mass is 10.5. The fourth-order valence-electron chi connectivity index (χ4n) is 0.639. The van der Waals surface area contributed by atoms with Crippen LogP contribution in [0.5, 0.6) is 0 Å². The molecule has 4 nitrogen and oxygen atoms in total. The molecule has 0 fully saturated rings. The third-order valence-electron chi connectivity index (χ3n) is 1.32. The lowest BCUT2D eigenvalue weighted by Gasteiger charge is -2.03. The van der Waals surface area contributed by atoms with Gasteiger partial charge in [0, 0.05) is 19.9 Å². The summed E-state index contributed by atoms with van der Waals surface area (Å²) >= 11 is 0. The smallest absolute Gasteiger partial charge is 0.405 e. The highest BCUT2D eigenvalue weighted by Gasteiger charge is 2.16. The molecule has 1 aromatic heterocycles. The zero-order valence-electron chi connectivity index (χ0n) is 7.31. The van der Waals surface area contributed by atoms with Gasteiger partial charge in [0.05, 0.1) is 6.26 Å². The molecule has 0 saturated heterocycles. The van der Waals surface area contributed by atoms with Gasteiger partial charge in [0.15, 0.2) is 5.76 Å². The van der Waals surface area contributed by atoms with E-state index in [2.05, 4.69) is 20.6 Å². The Kier molecular flexibility index (Phi) is 3.32. The van der Waals surface area contributed by atoms with Crippen molar-refractivity contribution in [3.05, 3.63) is 24.2 Å². The average molecular weight is 200 g/mol. The summed E-state index contributed by atoms with van der Waals surface area (Å²) in [7, 11) is -0.686.